The monoisotopic (exact) mass is 346 g/mol. The van der Waals surface area contributed by atoms with E-state index in [1.807, 2.05) is 0 Å². The van der Waals surface area contributed by atoms with Crippen LogP contribution in [0.1, 0.15) is 13.3 Å². The minimum absolute atomic E-state index is 0.363. The molecule has 0 saturated heterocycles. The first-order valence-electron chi connectivity index (χ1n) is 5.98. The highest BCUT2D eigenvalue weighted by atomic mass is 19.4. The van der Waals surface area contributed by atoms with E-state index in [4.69, 9.17) is 5.21 Å². The Morgan fingerprint density at radius 3 is 1.87 bits per heavy atom. The Labute approximate surface area is 125 Å². The Morgan fingerprint density at radius 1 is 1.13 bits per heavy atom. The third-order valence-corrected chi connectivity index (χ3v) is 3.11. The quantitative estimate of drug-likeness (QED) is 0.388. The van der Waals surface area contributed by atoms with Crippen molar-refractivity contribution in [3.63, 3.8) is 0 Å². The van der Waals surface area contributed by atoms with Crippen LogP contribution in [-0.2, 0) is 4.79 Å². The topological polar surface area (TPSA) is 72.8 Å². The fraction of sp³-hybridized carbons (Fsp3) is 0.417. The van der Waals surface area contributed by atoms with Crippen LogP contribution in [0.3, 0.4) is 0 Å². The first-order chi connectivity index (χ1) is 10.4. The molecule has 0 radical (unpaired) electrons. The van der Waals surface area contributed by atoms with Gasteiger partial charge in [-0.3, -0.25) is 10.0 Å². The van der Waals surface area contributed by atoms with Gasteiger partial charge in [0.1, 0.15) is 5.75 Å². The van der Waals surface area contributed by atoms with Gasteiger partial charge in [-0.05, 0) is 30.7 Å². The molecule has 0 bridgehead atoms. The van der Waals surface area contributed by atoms with Crippen molar-refractivity contribution in [3.8, 4) is 5.75 Å². The molecule has 1 aromatic rings. The van der Waals surface area contributed by atoms with E-state index in [1.165, 1.54) is 0 Å². The Morgan fingerprint density at radius 2 is 1.57 bits per heavy atom. The lowest BCUT2D eigenvalue weighted by Gasteiger charge is -2.33. The third kappa shape index (κ3) is 3.50. The maximum absolute atomic E-state index is 12.9. The SMILES string of the molecule is CCC(C(=O)Oc1ccc(N([O-])O)cc1)(C(F)(F)F)C(F)(F)F. The average molecular weight is 346 g/mol. The fourth-order valence-corrected chi connectivity index (χ4v) is 1.77. The molecular formula is C12H10F6NO4-. The molecule has 0 unspecified atom stereocenters. The van der Waals surface area contributed by atoms with Gasteiger partial charge in [0.15, 0.2) is 0 Å². The molecule has 0 saturated carbocycles. The normalized spacial score (nSPS) is 12.9. The molecule has 0 aromatic heterocycles. The van der Waals surface area contributed by atoms with Gasteiger partial charge in [-0.25, -0.2) is 0 Å². The molecule has 23 heavy (non-hydrogen) atoms. The van der Waals surface area contributed by atoms with Crippen molar-refractivity contribution in [2.45, 2.75) is 25.7 Å². The summed E-state index contributed by atoms with van der Waals surface area (Å²) in [5.74, 6) is -3.18. The van der Waals surface area contributed by atoms with Crippen LogP contribution in [0.4, 0.5) is 32.0 Å². The molecular weight excluding hydrogens is 336 g/mol. The number of ether oxygens (including phenoxy) is 1. The summed E-state index contributed by atoms with van der Waals surface area (Å²) in [6.07, 6.45) is -13.4. The van der Waals surface area contributed by atoms with Crippen molar-refractivity contribution < 1.29 is 41.1 Å². The summed E-state index contributed by atoms with van der Waals surface area (Å²) >= 11 is 0. The summed E-state index contributed by atoms with van der Waals surface area (Å²) < 4.78 is 81.5. The lowest BCUT2D eigenvalue weighted by Crippen LogP contribution is -2.56. The molecule has 0 aliphatic carbocycles. The second-order valence-electron chi connectivity index (χ2n) is 4.41. The van der Waals surface area contributed by atoms with Crippen LogP contribution in [0.15, 0.2) is 24.3 Å². The van der Waals surface area contributed by atoms with E-state index >= 15 is 0 Å². The molecule has 0 atom stereocenters. The minimum atomic E-state index is -5.91. The highest BCUT2D eigenvalue weighted by Gasteiger charge is 2.75. The molecule has 0 spiro atoms. The van der Waals surface area contributed by atoms with Crippen LogP contribution >= 0.6 is 0 Å². The molecule has 0 amide bonds. The zero-order valence-electron chi connectivity index (χ0n) is 11.4. The van der Waals surface area contributed by atoms with Crippen LogP contribution in [0.5, 0.6) is 5.75 Å². The molecule has 0 aliphatic heterocycles. The van der Waals surface area contributed by atoms with Crippen molar-refractivity contribution >= 4 is 11.7 Å². The molecule has 130 valence electrons. The maximum Gasteiger partial charge on any atom is 0.413 e. The third-order valence-electron chi connectivity index (χ3n) is 3.11. The van der Waals surface area contributed by atoms with Gasteiger partial charge in [0.05, 0.1) is 5.69 Å². The van der Waals surface area contributed by atoms with Crippen LogP contribution in [-0.4, -0.2) is 23.5 Å². The number of halogens is 6. The molecule has 1 aromatic carbocycles. The fourth-order valence-electron chi connectivity index (χ4n) is 1.77. The van der Waals surface area contributed by atoms with Crippen molar-refractivity contribution in [3.05, 3.63) is 29.5 Å². The maximum atomic E-state index is 12.9. The number of esters is 1. The van der Waals surface area contributed by atoms with Gasteiger partial charge >= 0.3 is 18.3 Å². The zero-order valence-corrected chi connectivity index (χ0v) is 11.4. The minimum Gasteiger partial charge on any atom is -0.733 e. The van der Waals surface area contributed by atoms with Crippen LogP contribution in [0.2, 0.25) is 0 Å². The van der Waals surface area contributed by atoms with Gasteiger partial charge in [0.2, 0.25) is 0 Å². The van der Waals surface area contributed by atoms with E-state index in [1.54, 1.807) is 0 Å². The first kappa shape index (κ1) is 19.0. The van der Waals surface area contributed by atoms with Gasteiger partial charge < -0.3 is 15.2 Å². The van der Waals surface area contributed by atoms with Gasteiger partial charge in [-0.1, -0.05) is 6.92 Å². The molecule has 11 heteroatoms. The Bertz CT molecular complexity index is 538. The van der Waals surface area contributed by atoms with E-state index in [-0.39, 0.29) is 5.69 Å². The van der Waals surface area contributed by atoms with Gasteiger partial charge in [-0.2, -0.15) is 26.3 Å². The summed E-state index contributed by atoms with van der Waals surface area (Å²) in [6, 6.07) is 3.21. The zero-order chi connectivity index (χ0) is 18.1. The number of anilines is 1. The number of hydrogen-bond acceptors (Lipinski definition) is 5. The summed E-state index contributed by atoms with van der Waals surface area (Å²) in [5.41, 5.74) is -5.03. The molecule has 1 N–H and O–H groups in total. The molecule has 0 heterocycles. The number of nitrogens with zero attached hydrogens (tertiary/aromatic N) is 1. The van der Waals surface area contributed by atoms with Gasteiger partial charge in [0, 0.05) is 0 Å². The van der Waals surface area contributed by atoms with Crippen LogP contribution in [0, 0.1) is 10.6 Å². The molecule has 0 aliphatic rings. The van der Waals surface area contributed by atoms with E-state index in [2.05, 4.69) is 4.74 Å². The van der Waals surface area contributed by atoms with Gasteiger partial charge in [0.25, 0.3) is 5.41 Å². The largest absolute Gasteiger partial charge is 0.733 e. The van der Waals surface area contributed by atoms with E-state index < -0.39 is 41.1 Å². The summed E-state index contributed by atoms with van der Waals surface area (Å²) in [7, 11) is 0. The smallest absolute Gasteiger partial charge is 0.413 e. The average Bonchev–Trinajstić information content (AvgIpc) is 2.37. The Hall–Kier alpha value is -2.01. The number of hydrogen-bond donors (Lipinski definition) is 1. The highest BCUT2D eigenvalue weighted by Crippen LogP contribution is 2.53. The predicted octanol–water partition coefficient (Wildman–Crippen LogP) is 3.81. The number of benzene rings is 1. The highest BCUT2D eigenvalue weighted by molar-refractivity contribution is 5.81. The summed E-state index contributed by atoms with van der Waals surface area (Å²) in [6.45, 7) is 0.562. The van der Waals surface area contributed by atoms with E-state index in [9.17, 15) is 36.3 Å². The number of carbonyl (C=O) groups is 1. The Balaban J connectivity index is 3.17. The van der Waals surface area contributed by atoms with E-state index in [0.29, 0.717) is 6.92 Å². The van der Waals surface area contributed by atoms with Crippen molar-refractivity contribution in [1.82, 2.24) is 0 Å². The number of carbonyl (C=O) groups excluding carboxylic acids is 1. The van der Waals surface area contributed by atoms with Crippen molar-refractivity contribution in [2.24, 2.45) is 5.41 Å². The standard InChI is InChI=1S/C12H10F6NO4/c1-2-10(11(13,14)15,12(16,17)18)9(20)23-8-5-3-7(4-6-8)19(21)22/h3-6,21H,2H2,1H3/q-1. The Kier molecular flexibility index (Phi) is 5.16. The van der Waals surface area contributed by atoms with Crippen LogP contribution < -0.4 is 9.96 Å². The molecule has 1 rings (SSSR count). The summed E-state index contributed by atoms with van der Waals surface area (Å²) in [4.78, 5) is 11.6. The van der Waals surface area contributed by atoms with Crippen molar-refractivity contribution in [1.29, 1.82) is 0 Å². The van der Waals surface area contributed by atoms with E-state index in [0.717, 1.165) is 24.3 Å². The van der Waals surface area contributed by atoms with Crippen LogP contribution in [0.25, 0.3) is 0 Å². The number of rotatable bonds is 4. The summed E-state index contributed by atoms with van der Waals surface area (Å²) in [5, 5.41) is 18.5. The van der Waals surface area contributed by atoms with Crippen molar-refractivity contribution in [2.75, 3.05) is 5.23 Å². The first-order valence-corrected chi connectivity index (χ1v) is 5.98. The van der Waals surface area contributed by atoms with Gasteiger partial charge in [-0.15, -0.1) is 0 Å². The lowest BCUT2D eigenvalue weighted by molar-refractivity contribution is -0.330. The predicted molar refractivity (Wildman–Crippen MR) is 64.5 cm³/mol. The second kappa shape index (κ2) is 6.24. The molecule has 0 fully saturated rings. The molecule has 5 nitrogen and oxygen atoms in total. The lowest BCUT2D eigenvalue weighted by atomic mass is 9.83. The number of alkyl halides is 6. The second-order valence-corrected chi connectivity index (χ2v) is 4.41.